The highest BCUT2D eigenvalue weighted by atomic mass is 15.6. The SMILES string of the molecule is C/C(=N\[N+](C)(C)C)c1ccc(C)cc1C. The normalized spacial score (nSPS) is 13.1. The zero-order valence-electron chi connectivity index (χ0n) is 10.6. The Hall–Kier alpha value is -1.15. The summed E-state index contributed by atoms with van der Waals surface area (Å²) in [6, 6.07) is 6.49. The molecule has 0 N–H and O–H groups in total. The van der Waals surface area contributed by atoms with Gasteiger partial charge in [-0.25, -0.2) is 4.59 Å². The summed E-state index contributed by atoms with van der Waals surface area (Å²) in [6.07, 6.45) is 0. The van der Waals surface area contributed by atoms with Crippen LogP contribution in [0.1, 0.15) is 23.6 Å². The van der Waals surface area contributed by atoms with Gasteiger partial charge in [-0.2, -0.15) is 0 Å². The average molecular weight is 205 g/mol. The molecule has 1 aromatic rings. The summed E-state index contributed by atoms with van der Waals surface area (Å²) in [5, 5.41) is 4.62. The van der Waals surface area contributed by atoms with Crippen LogP contribution in [-0.2, 0) is 0 Å². The van der Waals surface area contributed by atoms with Crippen LogP contribution >= 0.6 is 0 Å². The molecule has 0 amide bonds. The standard InChI is InChI=1S/C13H21N2/c1-10-7-8-13(11(2)9-10)12(3)14-15(4,5)6/h7-9H,1-6H3/q+1/b14-12+. The average Bonchev–Trinajstić information content (AvgIpc) is 1.99. The van der Waals surface area contributed by atoms with Crippen molar-refractivity contribution in [3.8, 4) is 0 Å². The topological polar surface area (TPSA) is 12.4 Å². The molecule has 0 fully saturated rings. The first-order valence-corrected chi connectivity index (χ1v) is 5.25. The minimum Gasteiger partial charge on any atom is -0.205 e. The molecule has 0 spiro atoms. The van der Waals surface area contributed by atoms with E-state index in [-0.39, 0.29) is 0 Å². The summed E-state index contributed by atoms with van der Waals surface area (Å²) in [4.78, 5) is 0. The number of nitrogens with zero attached hydrogens (tertiary/aromatic N) is 2. The highest BCUT2D eigenvalue weighted by Gasteiger charge is 2.09. The highest BCUT2D eigenvalue weighted by Crippen LogP contribution is 2.12. The molecule has 0 atom stereocenters. The maximum absolute atomic E-state index is 4.62. The van der Waals surface area contributed by atoms with Gasteiger partial charge in [0.1, 0.15) is 5.71 Å². The smallest absolute Gasteiger partial charge is 0.100 e. The van der Waals surface area contributed by atoms with Crippen molar-refractivity contribution in [3.63, 3.8) is 0 Å². The van der Waals surface area contributed by atoms with E-state index in [2.05, 4.69) is 65.2 Å². The molecule has 0 aliphatic carbocycles. The van der Waals surface area contributed by atoms with E-state index in [1.54, 1.807) is 0 Å². The first kappa shape index (κ1) is 11.9. The fourth-order valence-electron chi connectivity index (χ4n) is 1.72. The lowest BCUT2D eigenvalue weighted by Crippen LogP contribution is -2.29. The van der Waals surface area contributed by atoms with E-state index in [1.165, 1.54) is 16.7 Å². The lowest BCUT2D eigenvalue weighted by atomic mass is 10.0. The Labute approximate surface area is 92.8 Å². The van der Waals surface area contributed by atoms with Gasteiger partial charge in [0.15, 0.2) is 0 Å². The van der Waals surface area contributed by atoms with Crippen LogP contribution in [0.4, 0.5) is 0 Å². The molecule has 0 bridgehead atoms. The second kappa shape index (κ2) is 4.15. The lowest BCUT2D eigenvalue weighted by molar-refractivity contribution is -0.877. The van der Waals surface area contributed by atoms with Crippen molar-refractivity contribution in [1.82, 2.24) is 0 Å². The minimum absolute atomic E-state index is 0.610. The number of hydrogen-bond acceptors (Lipinski definition) is 1. The fraction of sp³-hybridized carbons (Fsp3) is 0.462. The van der Waals surface area contributed by atoms with Gasteiger partial charge in [0, 0.05) is 5.56 Å². The van der Waals surface area contributed by atoms with Crippen LogP contribution in [0, 0.1) is 13.8 Å². The van der Waals surface area contributed by atoms with E-state index in [0.29, 0.717) is 4.59 Å². The number of quaternary nitrogens is 1. The Morgan fingerprint density at radius 3 is 2.20 bits per heavy atom. The predicted molar refractivity (Wildman–Crippen MR) is 66.2 cm³/mol. The zero-order chi connectivity index (χ0) is 11.6. The van der Waals surface area contributed by atoms with Gasteiger partial charge in [-0.1, -0.05) is 28.9 Å². The summed E-state index contributed by atoms with van der Waals surface area (Å²) >= 11 is 0. The van der Waals surface area contributed by atoms with Gasteiger partial charge in [0.2, 0.25) is 0 Å². The van der Waals surface area contributed by atoms with Gasteiger partial charge in [-0.3, -0.25) is 0 Å². The van der Waals surface area contributed by atoms with Gasteiger partial charge >= 0.3 is 0 Å². The molecule has 1 rings (SSSR count). The Kier molecular flexibility index (Phi) is 3.30. The van der Waals surface area contributed by atoms with E-state index in [4.69, 9.17) is 0 Å². The van der Waals surface area contributed by atoms with Crippen molar-refractivity contribution < 1.29 is 4.59 Å². The largest absolute Gasteiger partial charge is 0.205 e. The van der Waals surface area contributed by atoms with E-state index >= 15 is 0 Å². The highest BCUT2D eigenvalue weighted by molar-refractivity contribution is 5.99. The Balaban J connectivity index is 3.12. The molecule has 0 saturated heterocycles. The van der Waals surface area contributed by atoms with Crippen molar-refractivity contribution in [2.24, 2.45) is 5.10 Å². The fourth-order valence-corrected chi connectivity index (χ4v) is 1.72. The zero-order valence-corrected chi connectivity index (χ0v) is 10.6. The van der Waals surface area contributed by atoms with Crippen molar-refractivity contribution in [2.45, 2.75) is 20.8 Å². The van der Waals surface area contributed by atoms with Crippen LogP contribution in [0.25, 0.3) is 0 Å². The summed E-state index contributed by atoms with van der Waals surface area (Å²) in [5.41, 5.74) is 4.94. The molecular formula is C13H21N2+. The summed E-state index contributed by atoms with van der Waals surface area (Å²) in [6.45, 7) is 6.32. The maximum Gasteiger partial charge on any atom is 0.100 e. The van der Waals surface area contributed by atoms with Crippen LogP contribution in [0.2, 0.25) is 0 Å². The molecule has 2 heteroatoms. The van der Waals surface area contributed by atoms with E-state index in [0.717, 1.165) is 5.71 Å². The van der Waals surface area contributed by atoms with Crippen LogP contribution in [0.3, 0.4) is 0 Å². The van der Waals surface area contributed by atoms with Gasteiger partial charge < -0.3 is 0 Å². The molecule has 0 radical (unpaired) electrons. The Morgan fingerprint density at radius 1 is 1.13 bits per heavy atom. The molecule has 0 aliphatic heterocycles. The molecule has 0 saturated carbocycles. The van der Waals surface area contributed by atoms with Crippen molar-refractivity contribution in [1.29, 1.82) is 0 Å². The molecule has 2 nitrogen and oxygen atoms in total. The molecular weight excluding hydrogens is 184 g/mol. The number of hydrogen-bond donors (Lipinski definition) is 0. The maximum atomic E-state index is 4.62. The second-order valence-electron chi connectivity index (χ2n) is 4.95. The van der Waals surface area contributed by atoms with Gasteiger partial charge in [0.25, 0.3) is 0 Å². The second-order valence-corrected chi connectivity index (χ2v) is 4.95. The number of benzene rings is 1. The molecule has 0 heterocycles. The van der Waals surface area contributed by atoms with E-state index < -0.39 is 0 Å². The lowest BCUT2D eigenvalue weighted by Gasteiger charge is -2.17. The van der Waals surface area contributed by atoms with Crippen molar-refractivity contribution >= 4 is 5.71 Å². The molecule has 0 unspecified atom stereocenters. The summed E-state index contributed by atoms with van der Waals surface area (Å²) in [7, 11) is 6.19. The van der Waals surface area contributed by atoms with E-state index in [1.807, 2.05) is 0 Å². The van der Waals surface area contributed by atoms with Crippen LogP contribution in [-0.4, -0.2) is 31.4 Å². The third-order valence-electron chi connectivity index (χ3n) is 2.22. The summed E-state index contributed by atoms with van der Waals surface area (Å²) < 4.78 is 0.610. The first-order valence-electron chi connectivity index (χ1n) is 5.25. The van der Waals surface area contributed by atoms with Crippen molar-refractivity contribution in [2.75, 3.05) is 21.1 Å². The van der Waals surface area contributed by atoms with Gasteiger partial charge in [0.05, 0.1) is 21.1 Å². The third-order valence-corrected chi connectivity index (χ3v) is 2.22. The van der Waals surface area contributed by atoms with Gasteiger partial charge in [-0.15, -0.1) is 0 Å². The van der Waals surface area contributed by atoms with Crippen molar-refractivity contribution in [3.05, 3.63) is 34.9 Å². The number of rotatable bonds is 2. The van der Waals surface area contributed by atoms with Crippen LogP contribution in [0.15, 0.2) is 23.3 Å². The number of aryl methyl sites for hydroxylation is 2. The molecule has 0 aromatic heterocycles. The molecule has 15 heavy (non-hydrogen) atoms. The monoisotopic (exact) mass is 205 g/mol. The third kappa shape index (κ3) is 3.48. The Bertz CT molecular complexity index is 384. The van der Waals surface area contributed by atoms with E-state index in [9.17, 15) is 0 Å². The van der Waals surface area contributed by atoms with Crippen LogP contribution < -0.4 is 0 Å². The summed E-state index contributed by atoms with van der Waals surface area (Å²) in [5.74, 6) is 0. The Morgan fingerprint density at radius 2 is 1.73 bits per heavy atom. The van der Waals surface area contributed by atoms with Crippen LogP contribution in [0.5, 0.6) is 0 Å². The first-order chi connectivity index (χ1) is 6.79. The molecule has 0 aliphatic rings. The minimum atomic E-state index is 0.610. The molecule has 1 aromatic carbocycles. The van der Waals surface area contributed by atoms with Gasteiger partial charge in [-0.05, 0) is 26.3 Å². The molecule has 82 valence electrons. The quantitative estimate of drug-likeness (QED) is 0.400. The predicted octanol–water partition coefficient (Wildman–Crippen LogP) is 2.73.